The van der Waals surface area contributed by atoms with Crippen molar-refractivity contribution in [1.82, 2.24) is 0 Å². The van der Waals surface area contributed by atoms with Gasteiger partial charge < -0.3 is 4.74 Å². The number of nitrogens with zero attached hydrogens (tertiary/aromatic N) is 1. The predicted molar refractivity (Wildman–Crippen MR) is 63.4 cm³/mol. The molecule has 1 aromatic rings. The maximum atomic E-state index is 11.2. The summed E-state index contributed by atoms with van der Waals surface area (Å²) in [4.78, 5) is 31.7. The number of nitro benzene ring substituents is 1. The molecule has 18 heavy (non-hydrogen) atoms. The van der Waals surface area contributed by atoms with E-state index < -0.39 is 11.0 Å². The highest BCUT2D eigenvalue weighted by molar-refractivity contribution is 5.85. The number of carbonyl (C=O) groups excluding carboxylic acids is 2. The number of ether oxygens (including phenoxy) is 1. The molecule has 0 saturated heterocycles. The van der Waals surface area contributed by atoms with Gasteiger partial charge in [-0.15, -0.1) is 0 Å². The summed E-state index contributed by atoms with van der Waals surface area (Å²) >= 11 is 0. The number of anilines is 1. The predicted octanol–water partition coefficient (Wildman–Crippen LogP) is 2.12. The SMILES string of the molecule is CC(=O)CCOC(=O)Nc1ccc([N+](=O)[O-])cc1. The Labute approximate surface area is 103 Å². The standard InChI is InChI=1S/C11H12N2O5/c1-8(14)6-7-18-11(15)12-9-2-4-10(5-3-9)13(16)17/h2-5H,6-7H2,1H3,(H,12,15). The molecule has 0 aliphatic carbocycles. The van der Waals surface area contributed by atoms with Crippen molar-refractivity contribution in [3.8, 4) is 0 Å². The van der Waals surface area contributed by atoms with Crippen LogP contribution in [-0.4, -0.2) is 23.4 Å². The summed E-state index contributed by atoms with van der Waals surface area (Å²) in [6.07, 6.45) is -0.543. The average Bonchev–Trinajstić information content (AvgIpc) is 2.29. The summed E-state index contributed by atoms with van der Waals surface area (Å²) in [5.41, 5.74) is 0.318. The van der Waals surface area contributed by atoms with Crippen LogP contribution in [0.15, 0.2) is 24.3 Å². The van der Waals surface area contributed by atoms with Crippen molar-refractivity contribution < 1.29 is 19.2 Å². The first-order valence-corrected chi connectivity index (χ1v) is 5.16. The van der Waals surface area contributed by atoms with E-state index in [1.54, 1.807) is 0 Å². The normalized spacial score (nSPS) is 9.61. The fourth-order valence-electron chi connectivity index (χ4n) is 1.11. The first-order chi connectivity index (χ1) is 8.49. The van der Waals surface area contributed by atoms with Gasteiger partial charge in [0.2, 0.25) is 0 Å². The summed E-state index contributed by atoms with van der Waals surface area (Å²) in [5.74, 6) is -0.0712. The molecule has 1 N–H and O–H groups in total. The van der Waals surface area contributed by atoms with Crippen molar-refractivity contribution in [2.45, 2.75) is 13.3 Å². The Morgan fingerprint density at radius 1 is 1.33 bits per heavy atom. The zero-order chi connectivity index (χ0) is 13.5. The summed E-state index contributed by atoms with van der Waals surface area (Å²) < 4.78 is 4.73. The Hall–Kier alpha value is -2.44. The second-order valence-electron chi connectivity index (χ2n) is 3.52. The third kappa shape index (κ3) is 4.60. The lowest BCUT2D eigenvalue weighted by Crippen LogP contribution is -2.15. The van der Waals surface area contributed by atoms with Crippen LogP contribution in [0.5, 0.6) is 0 Å². The van der Waals surface area contributed by atoms with Crippen LogP contribution in [0.1, 0.15) is 13.3 Å². The largest absolute Gasteiger partial charge is 0.449 e. The van der Waals surface area contributed by atoms with Gasteiger partial charge in [-0.2, -0.15) is 0 Å². The average molecular weight is 252 g/mol. The Morgan fingerprint density at radius 2 is 1.94 bits per heavy atom. The molecule has 96 valence electrons. The van der Waals surface area contributed by atoms with Crippen LogP contribution < -0.4 is 5.32 Å². The number of non-ortho nitro benzene ring substituents is 1. The minimum atomic E-state index is -0.704. The highest BCUT2D eigenvalue weighted by atomic mass is 16.6. The number of amides is 1. The maximum absolute atomic E-state index is 11.2. The molecule has 7 nitrogen and oxygen atoms in total. The monoisotopic (exact) mass is 252 g/mol. The van der Waals surface area contributed by atoms with E-state index in [1.165, 1.54) is 31.2 Å². The number of rotatable bonds is 5. The van der Waals surface area contributed by atoms with E-state index in [0.717, 1.165) is 0 Å². The van der Waals surface area contributed by atoms with E-state index in [0.29, 0.717) is 5.69 Å². The maximum Gasteiger partial charge on any atom is 0.411 e. The second-order valence-corrected chi connectivity index (χ2v) is 3.52. The number of benzene rings is 1. The molecule has 0 unspecified atom stereocenters. The van der Waals surface area contributed by atoms with Crippen LogP contribution in [0.3, 0.4) is 0 Å². The van der Waals surface area contributed by atoms with Crippen molar-refractivity contribution >= 4 is 23.3 Å². The van der Waals surface area contributed by atoms with Gasteiger partial charge in [0.1, 0.15) is 12.4 Å². The van der Waals surface area contributed by atoms with Gasteiger partial charge in [0.05, 0.1) is 4.92 Å². The summed E-state index contributed by atoms with van der Waals surface area (Å²) in [5, 5.41) is 12.8. The molecule has 0 radical (unpaired) electrons. The molecule has 0 saturated carbocycles. The first kappa shape index (κ1) is 13.6. The third-order valence-corrected chi connectivity index (χ3v) is 2.01. The Balaban J connectivity index is 2.44. The summed E-state index contributed by atoms with van der Waals surface area (Å²) in [6, 6.07) is 5.32. The molecule has 0 aromatic heterocycles. The molecule has 0 atom stereocenters. The highest BCUT2D eigenvalue weighted by Crippen LogP contribution is 2.15. The summed E-state index contributed by atoms with van der Waals surface area (Å²) in [6.45, 7) is 1.41. The van der Waals surface area contributed by atoms with E-state index in [-0.39, 0.29) is 24.5 Å². The van der Waals surface area contributed by atoms with Crippen molar-refractivity contribution in [1.29, 1.82) is 0 Å². The second kappa shape index (κ2) is 6.33. The molecular formula is C11H12N2O5. The Bertz CT molecular complexity index is 455. The molecular weight excluding hydrogens is 240 g/mol. The van der Waals surface area contributed by atoms with Crippen molar-refractivity contribution in [2.24, 2.45) is 0 Å². The fraction of sp³-hybridized carbons (Fsp3) is 0.273. The van der Waals surface area contributed by atoms with E-state index in [9.17, 15) is 19.7 Å². The van der Waals surface area contributed by atoms with Crippen molar-refractivity contribution in [2.75, 3.05) is 11.9 Å². The van der Waals surface area contributed by atoms with Gasteiger partial charge in [0.25, 0.3) is 5.69 Å². The first-order valence-electron chi connectivity index (χ1n) is 5.16. The van der Waals surface area contributed by atoms with Gasteiger partial charge >= 0.3 is 6.09 Å². The smallest absolute Gasteiger partial charge is 0.411 e. The zero-order valence-corrected chi connectivity index (χ0v) is 9.71. The molecule has 0 heterocycles. The zero-order valence-electron chi connectivity index (χ0n) is 9.71. The third-order valence-electron chi connectivity index (χ3n) is 2.01. The van der Waals surface area contributed by atoms with Gasteiger partial charge in [-0.3, -0.25) is 20.2 Å². The minimum absolute atomic E-state index is 0.00808. The van der Waals surface area contributed by atoms with Crippen molar-refractivity contribution in [3.05, 3.63) is 34.4 Å². The quantitative estimate of drug-likeness (QED) is 0.639. The van der Waals surface area contributed by atoms with E-state index >= 15 is 0 Å². The van der Waals surface area contributed by atoms with Crippen LogP contribution >= 0.6 is 0 Å². The lowest BCUT2D eigenvalue weighted by Gasteiger charge is -2.05. The lowest BCUT2D eigenvalue weighted by atomic mass is 10.3. The van der Waals surface area contributed by atoms with Gasteiger partial charge in [0.15, 0.2) is 0 Å². The lowest BCUT2D eigenvalue weighted by molar-refractivity contribution is -0.384. The number of hydrogen-bond donors (Lipinski definition) is 1. The summed E-state index contributed by atoms with van der Waals surface area (Å²) in [7, 11) is 0. The number of hydrogen-bond acceptors (Lipinski definition) is 5. The van der Waals surface area contributed by atoms with Crippen LogP contribution in [0.25, 0.3) is 0 Å². The Morgan fingerprint density at radius 3 is 2.44 bits per heavy atom. The van der Waals surface area contributed by atoms with E-state index in [1.807, 2.05) is 0 Å². The van der Waals surface area contributed by atoms with Crippen LogP contribution in [0, 0.1) is 10.1 Å². The number of ketones is 1. The van der Waals surface area contributed by atoms with E-state index in [4.69, 9.17) is 4.74 Å². The molecule has 1 aromatic carbocycles. The number of nitrogens with one attached hydrogen (secondary N) is 1. The van der Waals surface area contributed by atoms with Crippen LogP contribution in [-0.2, 0) is 9.53 Å². The molecule has 0 spiro atoms. The Kier molecular flexibility index (Phi) is 4.79. The molecule has 0 aliphatic rings. The number of nitro groups is 1. The van der Waals surface area contributed by atoms with Crippen LogP contribution in [0.2, 0.25) is 0 Å². The molecule has 1 rings (SSSR count). The molecule has 7 heteroatoms. The van der Waals surface area contributed by atoms with Gasteiger partial charge in [-0.05, 0) is 19.1 Å². The molecule has 0 bridgehead atoms. The number of Topliss-reactive ketones (excluding diaryl/α,β-unsaturated/α-hetero) is 1. The number of carbonyl (C=O) groups is 2. The van der Waals surface area contributed by atoms with Gasteiger partial charge in [0, 0.05) is 24.2 Å². The van der Waals surface area contributed by atoms with Crippen molar-refractivity contribution in [3.63, 3.8) is 0 Å². The van der Waals surface area contributed by atoms with Gasteiger partial charge in [-0.25, -0.2) is 4.79 Å². The molecule has 0 aliphatic heterocycles. The topological polar surface area (TPSA) is 98.5 Å². The van der Waals surface area contributed by atoms with E-state index in [2.05, 4.69) is 5.32 Å². The molecule has 1 amide bonds. The van der Waals surface area contributed by atoms with Crippen LogP contribution in [0.4, 0.5) is 16.2 Å². The fourth-order valence-corrected chi connectivity index (χ4v) is 1.11. The molecule has 0 fully saturated rings. The highest BCUT2D eigenvalue weighted by Gasteiger charge is 2.07. The van der Waals surface area contributed by atoms with Gasteiger partial charge in [-0.1, -0.05) is 0 Å². The minimum Gasteiger partial charge on any atom is -0.449 e.